The Hall–Kier alpha value is -2.59. The van der Waals surface area contributed by atoms with Crippen LogP contribution in [0.4, 0.5) is 0 Å². The van der Waals surface area contributed by atoms with Gasteiger partial charge in [-0.3, -0.25) is 9.59 Å². The number of aromatic nitrogens is 1. The summed E-state index contributed by atoms with van der Waals surface area (Å²) < 4.78 is 2.14. The van der Waals surface area contributed by atoms with Gasteiger partial charge in [-0.1, -0.05) is 29.8 Å². The first-order chi connectivity index (χ1) is 12.4. The minimum absolute atomic E-state index is 0.0798. The Morgan fingerprint density at radius 1 is 1.08 bits per heavy atom. The van der Waals surface area contributed by atoms with Gasteiger partial charge < -0.3 is 9.88 Å². The van der Waals surface area contributed by atoms with Gasteiger partial charge in [0.15, 0.2) is 5.78 Å². The highest BCUT2D eigenvalue weighted by atomic mass is 35.5. The van der Waals surface area contributed by atoms with Gasteiger partial charge in [0.05, 0.1) is 0 Å². The number of hydrogen-bond donors (Lipinski definition) is 1. The molecule has 0 bridgehead atoms. The monoisotopic (exact) mass is 368 g/mol. The Balaban J connectivity index is 1.53. The van der Waals surface area contributed by atoms with Crippen LogP contribution in [0, 0.1) is 6.92 Å². The summed E-state index contributed by atoms with van der Waals surface area (Å²) in [5.41, 5.74) is 3.94. The zero-order chi connectivity index (χ0) is 18.7. The molecule has 0 atom stereocenters. The largest absolute Gasteiger partial charge is 0.352 e. The number of carbonyl (C=O) groups is 2. The smallest absolute Gasteiger partial charge is 0.220 e. The number of amides is 1. The molecule has 4 nitrogen and oxygen atoms in total. The van der Waals surface area contributed by atoms with E-state index in [1.807, 2.05) is 13.1 Å². The second-order valence-corrected chi connectivity index (χ2v) is 6.88. The summed E-state index contributed by atoms with van der Waals surface area (Å²) in [6.07, 6.45) is 0.334. The van der Waals surface area contributed by atoms with Gasteiger partial charge in [0.25, 0.3) is 0 Å². The number of halogens is 1. The normalized spacial score (nSPS) is 10.9. The Labute approximate surface area is 157 Å². The number of Topliss-reactive ketones (excluding diaryl/α,β-unsaturated/α-hetero) is 1. The molecule has 2 aromatic carbocycles. The lowest BCUT2D eigenvalue weighted by atomic mass is 10.1. The van der Waals surface area contributed by atoms with Crippen molar-refractivity contribution in [1.82, 2.24) is 9.88 Å². The second-order valence-electron chi connectivity index (χ2n) is 6.45. The average Bonchev–Trinajstić information content (AvgIpc) is 2.91. The van der Waals surface area contributed by atoms with Gasteiger partial charge in [-0.2, -0.15) is 0 Å². The van der Waals surface area contributed by atoms with Crippen molar-refractivity contribution in [2.24, 2.45) is 7.05 Å². The van der Waals surface area contributed by atoms with E-state index in [1.54, 1.807) is 24.3 Å². The van der Waals surface area contributed by atoms with Crippen molar-refractivity contribution in [3.05, 3.63) is 70.4 Å². The predicted molar refractivity (Wildman–Crippen MR) is 105 cm³/mol. The Morgan fingerprint density at radius 2 is 1.88 bits per heavy atom. The van der Waals surface area contributed by atoms with Crippen LogP contribution in [0.3, 0.4) is 0 Å². The molecule has 1 amide bonds. The third-order valence-corrected chi connectivity index (χ3v) is 4.80. The van der Waals surface area contributed by atoms with E-state index in [4.69, 9.17) is 11.6 Å². The molecule has 1 aromatic heterocycles. The number of benzene rings is 2. The molecule has 0 saturated carbocycles. The highest BCUT2D eigenvalue weighted by Gasteiger charge is 2.10. The lowest BCUT2D eigenvalue weighted by molar-refractivity contribution is -0.121. The first kappa shape index (κ1) is 18.2. The lowest BCUT2D eigenvalue weighted by Crippen LogP contribution is -2.23. The van der Waals surface area contributed by atoms with Crippen LogP contribution in [0.25, 0.3) is 10.9 Å². The van der Waals surface area contributed by atoms with E-state index in [-0.39, 0.29) is 24.5 Å². The molecular weight excluding hydrogens is 348 g/mol. The van der Waals surface area contributed by atoms with Gasteiger partial charge in [-0.25, -0.2) is 0 Å². The van der Waals surface area contributed by atoms with Gasteiger partial charge in [0.2, 0.25) is 5.91 Å². The van der Waals surface area contributed by atoms with E-state index in [0.717, 1.165) is 10.9 Å². The highest BCUT2D eigenvalue weighted by Crippen LogP contribution is 2.19. The van der Waals surface area contributed by atoms with Crippen LogP contribution < -0.4 is 5.32 Å². The number of hydrogen-bond acceptors (Lipinski definition) is 2. The average molecular weight is 369 g/mol. The van der Waals surface area contributed by atoms with Gasteiger partial charge in [-0.15, -0.1) is 0 Å². The quantitative estimate of drug-likeness (QED) is 0.655. The summed E-state index contributed by atoms with van der Waals surface area (Å²) in [6, 6.07) is 15.1. The van der Waals surface area contributed by atoms with Crippen LogP contribution in [0.15, 0.2) is 48.5 Å². The standard InChI is InChI=1S/C21H21ClN2O2/c1-14-10-17-11-15(6-7-19(17)24(14)2)13-23-21(26)9-8-20(25)16-4-3-5-18(22)12-16/h3-7,10-12H,8-9,13H2,1-2H3,(H,23,26). The molecule has 0 spiro atoms. The highest BCUT2D eigenvalue weighted by molar-refractivity contribution is 6.31. The van der Waals surface area contributed by atoms with E-state index in [0.29, 0.717) is 17.1 Å². The molecular formula is C21H21ClN2O2. The van der Waals surface area contributed by atoms with Crippen LogP contribution in [-0.4, -0.2) is 16.3 Å². The fourth-order valence-electron chi connectivity index (χ4n) is 2.97. The van der Waals surface area contributed by atoms with Gasteiger partial charge >= 0.3 is 0 Å². The molecule has 0 unspecified atom stereocenters. The van der Waals surface area contributed by atoms with E-state index in [1.165, 1.54) is 11.2 Å². The molecule has 26 heavy (non-hydrogen) atoms. The molecule has 0 saturated heterocycles. The molecule has 1 heterocycles. The van der Waals surface area contributed by atoms with Crippen LogP contribution in [0.2, 0.25) is 5.02 Å². The first-order valence-corrected chi connectivity index (χ1v) is 8.92. The summed E-state index contributed by atoms with van der Waals surface area (Å²) >= 11 is 5.89. The van der Waals surface area contributed by atoms with Gasteiger partial charge in [0, 0.05) is 53.6 Å². The van der Waals surface area contributed by atoms with Crippen molar-refractivity contribution >= 4 is 34.2 Å². The van der Waals surface area contributed by atoms with E-state index < -0.39 is 0 Å². The number of aryl methyl sites for hydroxylation is 2. The number of ketones is 1. The molecule has 0 aliphatic heterocycles. The van der Waals surface area contributed by atoms with Crippen molar-refractivity contribution < 1.29 is 9.59 Å². The van der Waals surface area contributed by atoms with Crippen molar-refractivity contribution in [3.8, 4) is 0 Å². The lowest BCUT2D eigenvalue weighted by Gasteiger charge is -2.06. The van der Waals surface area contributed by atoms with E-state index >= 15 is 0 Å². The van der Waals surface area contributed by atoms with Crippen LogP contribution >= 0.6 is 11.6 Å². The van der Waals surface area contributed by atoms with E-state index in [2.05, 4.69) is 35.0 Å². The number of carbonyl (C=O) groups excluding carboxylic acids is 2. The van der Waals surface area contributed by atoms with E-state index in [9.17, 15) is 9.59 Å². The van der Waals surface area contributed by atoms with Crippen molar-refractivity contribution in [2.75, 3.05) is 0 Å². The summed E-state index contributed by atoms with van der Waals surface area (Å²) in [7, 11) is 2.04. The van der Waals surface area contributed by atoms with Gasteiger partial charge in [-0.05, 0) is 42.8 Å². The summed E-state index contributed by atoms with van der Waals surface area (Å²) in [5.74, 6) is -0.214. The number of nitrogens with zero attached hydrogens (tertiary/aromatic N) is 1. The first-order valence-electron chi connectivity index (χ1n) is 8.54. The zero-order valence-electron chi connectivity index (χ0n) is 14.9. The minimum Gasteiger partial charge on any atom is -0.352 e. The van der Waals surface area contributed by atoms with Crippen molar-refractivity contribution in [1.29, 1.82) is 0 Å². The number of fused-ring (bicyclic) bond motifs is 1. The molecule has 134 valence electrons. The summed E-state index contributed by atoms with van der Waals surface area (Å²) in [6.45, 7) is 2.52. The van der Waals surface area contributed by atoms with Crippen LogP contribution in [0.1, 0.15) is 34.5 Å². The molecule has 0 radical (unpaired) electrons. The maximum atomic E-state index is 12.1. The Morgan fingerprint density at radius 3 is 2.65 bits per heavy atom. The molecule has 0 aliphatic rings. The van der Waals surface area contributed by atoms with Gasteiger partial charge in [0.1, 0.15) is 0 Å². The van der Waals surface area contributed by atoms with Crippen LogP contribution in [-0.2, 0) is 18.4 Å². The van der Waals surface area contributed by atoms with Crippen LogP contribution in [0.5, 0.6) is 0 Å². The predicted octanol–water partition coefficient (Wildman–Crippen LogP) is 4.42. The summed E-state index contributed by atoms with van der Waals surface area (Å²) in [4.78, 5) is 24.2. The maximum Gasteiger partial charge on any atom is 0.220 e. The molecule has 1 N–H and O–H groups in total. The topological polar surface area (TPSA) is 51.1 Å². The number of rotatable bonds is 6. The molecule has 0 aliphatic carbocycles. The zero-order valence-corrected chi connectivity index (χ0v) is 15.6. The summed E-state index contributed by atoms with van der Waals surface area (Å²) in [5, 5.41) is 4.56. The molecule has 0 fully saturated rings. The third-order valence-electron chi connectivity index (χ3n) is 4.56. The Bertz CT molecular complexity index is 975. The SMILES string of the molecule is Cc1cc2cc(CNC(=O)CCC(=O)c3cccc(Cl)c3)ccc2n1C. The molecule has 5 heteroatoms. The molecule has 3 rings (SSSR count). The number of nitrogens with one attached hydrogen (secondary N) is 1. The fourth-order valence-corrected chi connectivity index (χ4v) is 3.16. The van der Waals surface area contributed by atoms with Crippen molar-refractivity contribution in [3.63, 3.8) is 0 Å². The third kappa shape index (κ3) is 4.14. The Kier molecular flexibility index (Phi) is 5.43. The van der Waals surface area contributed by atoms with Crippen molar-refractivity contribution in [2.45, 2.75) is 26.3 Å². The molecule has 3 aromatic rings. The second kappa shape index (κ2) is 7.75. The minimum atomic E-state index is -0.135. The maximum absolute atomic E-state index is 12.1. The fraction of sp³-hybridized carbons (Fsp3) is 0.238.